The zero-order chi connectivity index (χ0) is 30.0. The fourth-order valence-electron chi connectivity index (χ4n) is 6.13. The number of aryl methyl sites for hydroxylation is 1. The van der Waals surface area contributed by atoms with E-state index in [0.717, 1.165) is 59.3 Å². The molecular formula is C34H44N2O6. The van der Waals surface area contributed by atoms with Crippen molar-refractivity contribution in [1.29, 1.82) is 0 Å². The van der Waals surface area contributed by atoms with Gasteiger partial charge in [0.25, 0.3) is 0 Å². The Morgan fingerprint density at radius 1 is 1.02 bits per heavy atom. The van der Waals surface area contributed by atoms with Gasteiger partial charge < -0.3 is 18.9 Å². The predicted octanol–water partition coefficient (Wildman–Crippen LogP) is 7.05. The first kappa shape index (κ1) is 30.1. The van der Waals surface area contributed by atoms with Gasteiger partial charge in [-0.15, -0.1) is 0 Å². The Kier molecular flexibility index (Phi) is 8.94. The minimum Gasteiger partial charge on any atom is -0.496 e. The molecule has 0 unspecified atom stereocenters. The number of rotatable bonds is 8. The largest absolute Gasteiger partial charge is 0.496 e. The summed E-state index contributed by atoms with van der Waals surface area (Å²) < 4.78 is 24.5. The molecule has 8 nitrogen and oxygen atoms in total. The highest BCUT2D eigenvalue weighted by Gasteiger charge is 2.33. The highest BCUT2D eigenvalue weighted by molar-refractivity contribution is 5.95. The SMILES string of the molecule is COC(=O)c1ccc([C@@H]2C[C@@H](OCC3CCC3)CCN2Cc2c(OC)cc(C)c3c2ccn3C(=O)OC(C)(C)C)cc1. The van der Waals surface area contributed by atoms with Crippen molar-refractivity contribution >= 4 is 23.0 Å². The molecule has 0 radical (unpaired) electrons. The van der Waals surface area contributed by atoms with Gasteiger partial charge in [-0.05, 0) is 94.7 Å². The van der Waals surface area contributed by atoms with E-state index in [4.69, 9.17) is 18.9 Å². The summed E-state index contributed by atoms with van der Waals surface area (Å²) in [5.74, 6) is 1.15. The average Bonchev–Trinajstić information content (AvgIpc) is 3.39. The topological polar surface area (TPSA) is 79.2 Å². The van der Waals surface area contributed by atoms with Crippen LogP contribution in [-0.2, 0) is 20.8 Å². The van der Waals surface area contributed by atoms with Gasteiger partial charge in [0, 0.05) is 42.9 Å². The zero-order valence-electron chi connectivity index (χ0n) is 25.8. The average molecular weight is 577 g/mol. The Balaban J connectivity index is 1.47. The van der Waals surface area contributed by atoms with Gasteiger partial charge in [-0.25, -0.2) is 9.59 Å². The van der Waals surface area contributed by atoms with Crippen molar-refractivity contribution < 1.29 is 28.5 Å². The lowest BCUT2D eigenvalue weighted by Crippen LogP contribution is -2.40. The van der Waals surface area contributed by atoms with Gasteiger partial charge in [0.05, 0.1) is 31.4 Å². The third kappa shape index (κ3) is 6.50. The Hall–Kier alpha value is -3.36. The van der Waals surface area contributed by atoms with Crippen LogP contribution in [0, 0.1) is 12.8 Å². The maximum atomic E-state index is 13.1. The van der Waals surface area contributed by atoms with Crippen molar-refractivity contribution in [2.45, 2.75) is 84.1 Å². The van der Waals surface area contributed by atoms with Crippen LogP contribution in [0.15, 0.2) is 42.6 Å². The molecular weight excluding hydrogens is 532 g/mol. The minimum atomic E-state index is -0.599. The van der Waals surface area contributed by atoms with Crippen LogP contribution in [0.25, 0.3) is 10.9 Å². The lowest BCUT2D eigenvalue weighted by molar-refractivity contribution is -0.0412. The number of benzene rings is 2. The van der Waals surface area contributed by atoms with E-state index in [-0.39, 0.29) is 18.1 Å². The van der Waals surface area contributed by atoms with E-state index in [1.54, 1.807) is 17.9 Å². The molecule has 2 aliphatic rings. The summed E-state index contributed by atoms with van der Waals surface area (Å²) in [6.07, 6.45) is 7.22. The molecule has 2 fully saturated rings. The molecule has 0 bridgehead atoms. The van der Waals surface area contributed by atoms with E-state index in [0.29, 0.717) is 18.0 Å². The molecule has 226 valence electrons. The summed E-state index contributed by atoms with van der Waals surface area (Å²) in [7, 11) is 3.09. The molecule has 2 heterocycles. The number of esters is 1. The summed E-state index contributed by atoms with van der Waals surface area (Å²) in [5.41, 5.74) is 3.88. The van der Waals surface area contributed by atoms with Gasteiger partial charge in [0.15, 0.2) is 0 Å². The third-order valence-corrected chi connectivity index (χ3v) is 8.58. The number of aromatic nitrogens is 1. The number of carbonyl (C=O) groups is 2. The molecule has 2 atom stereocenters. The van der Waals surface area contributed by atoms with Crippen LogP contribution >= 0.6 is 0 Å². The van der Waals surface area contributed by atoms with Gasteiger partial charge in [-0.2, -0.15) is 0 Å². The standard InChI is InChI=1S/C34H44N2O6/c1-22-18-30(39-5)28(27-15-17-36(31(22)27)33(38)42-34(2,3)4)20-35-16-14-26(41-21-23-8-7-9-23)19-29(35)24-10-12-25(13-11-24)32(37)40-6/h10-13,15,17-18,23,26,29H,7-9,14,16,19-21H2,1-6H3/t26-,29-/m0/s1. The second-order valence-electron chi connectivity index (χ2n) is 12.7. The number of hydrogen-bond donors (Lipinski definition) is 0. The van der Waals surface area contributed by atoms with Crippen LogP contribution in [0.4, 0.5) is 4.79 Å². The van der Waals surface area contributed by atoms with E-state index < -0.39 is 11.7 Å². The Morgan fingerprint density at radius 2 is 1.76 bits per heavy atom. The van der Waals surface area contributed by atoms with Crippen LogP contribution < -0.4 is 4.74 Å². The monoisotopic (exact) mass is 576 g/mol. The second kappa shape index (κ2) is 12.5. The molecule has 0 N–H and O–H groups in total. The Morgan fingerprint density at radius 3 is 2.38 bits per heavy atom. The number of hydrogen-bond acceptors (Lipinski definition) is 7. The zero-order valence-corrected chi connectivity index (χ0v) is 25.8. The minimum absolute atomic E-state index is 0.0887. The molecule has 5 rings (SSSR count). The Bertz CT molecular complexity index is 1420. The highest BCUT2D eigenvalue weighted by Crippen LogP contribution is 2.39. The van der Waals surface area contributed by atoms with Gasteiger partial charge in [-0.3, -0.25) is 9.47 Å². The highest BCUT2D eigenvalue weighted by atomic mass is 16.6. The van der Waals surface area contributed by atoms with E-state index in [1.165, 1.54) is 26.4 Å². The molecule has 1 saturated heterocycles. The van der Waals surface area contributed by atoms with Gasteiger partial charge in [0.1, 0.15) is 11.4 Å². The Labute approximate surface area is 248 Å². The fourth-order valence-corrected chi connectivity index (χ4v) is 6.13. The first-order valence-corrected chi connectivity index (χ1v) is 15.0. The smallest absolute Gasteiger partial charge is 0.419 e. The predicted molar refractivity (Wildman–Crippen MR) is 162 cm³/mol. The van der Waals surface area contributed by atoms with E-state index in [1.807, 2.05) is 64.1 Å². The fraction of sp³-hybridized carbons (Fsp3) is 0.529. The molecule has 1 saturated carbocycles. The quantitative estimate of drug-likeness (QED) is 0.266. The van der Waals surface area contributed by atoms with Crippen molar-refractivity contribution in [3.63, 3.8) is 0 Å². The summed E-state index contributed by atoms with van der Waals surface area (Å²) in [6, 6.07) is 11.8. The van der Waals surface area contributed by atoms with Crippen molar-refractivity contribution in [1.82, 2.24) is 9.47 Å². The van der Waals surface area contributed by atoms with Crippen LogP contribution in [0.2, 0.25) is 0 Å². The van der Waals surface area contributed by atoms with E-state index in [9.17, 15) is 9.59 Å². The van der Waals surface area contributed by atoms with Gasteiger partial charge in [-0.1, -0.05) is 18.6 Å². The number of likely N-dealkylation sites (tertiary alicyclic amines) is 1. The van der Waals surface area contributed by atoms with Crippen LogP contribution in [0.5, 0.6) is 5.75 Å². The molecule has 0 spiro atoms. The molecule has 42 heavy (non-hydrogen) atoms. The van der Waals surface area contributed by atoms with Gasteiger partial charge >= 0.3 is 12.1 Å². The van der Waals surface area contributed by atoms with E-state index in [2.05, 4.69) is 4.90 Å². The number of carbonyl (C=O) groups excluding carboxylic acids is 2. The molecule has 1 aromatic heterocycles. The lowest BCUT2D eigenvalue weighted by Gasteiger charge is -2.41. The number of ether oxygens (including phenoxy) is 4. The lowest BCUT2D eigenvalue weighted by atomic mass is 9.86. The van der Waals surface area contributed by atoms with Crippen molar-refractivity contribution in [2.24, 2.45) is 5.92 Å². The van der Waals surface area contributed by atoms with Crippen molar-refractivity contribution in [3.05, 3.63) is 64.8 Å². The van der Waals surface area contributed by atoms with Crippen LogP contribution in [0.3, 0.4) is 0 Å². The number of methoxy groups -OCH3 is 2. The second-order valence-corrected chi connectivity index (χ2v) is 12.7. The number of fused-ring (bicyclic) bond motifs is 1. The van der Waals surface area contributed by atoms with Crippen molar-refractivity contribution in [3.8, 4) is 5.75 Å². The number of piperidine rings is 1. The first-order valence-electron chi connectivity index (χ1n) is 15.0. The molecule has 8 heteroatoms. The molecule has 2 aromatic carbocycles. The van der Waals surface area contributed by atoms with Gasteiger partial charge in [0.2, 0.25) is 0 Å². The maximum Gasteiger partial charge on any atom is 0.419 e. The van der Waals surface area contributed by atoms with Crippen LogP contribution in [-0.4, -0.2) is 60.6 Å². The van der Waals surface area contributed by atoms with Crippen LogP contribution in [0.1, 0.15) is 86.0 Å². The molecule has 3 aromatic rings. The maximum absolute atomic E-state index is 13.1. The summed E-state index contributed by atoms with van der Waals surface area (Å²) >= 11 is 0. The summed E-state index contributed by atoms with van der Waals surface area (Å²) in [4.78, 5) is 27.7. The molecule has 1 aliphatic carbocycles. The number of nitrogens with zero attached hydrogens (tertiary/aromatic N) is 2. The van der Waals surface area contributed by atoms with Crippen molar-refractivity contribution in [2.75, 3.05) is 27.4 Å². The third-order valence-electron chi connectivity index (χ3n) is 8.58. The normalized spacial score (nSPS) is 19.9. The summed E-state index contributed by atoms with van der Waals surface area (Å²) in [5, 5.41) is 0.973. The molecule has 0 amide bonds. The molecule has 1 aliphatic heterocycles. The first-order chi connectivity index (χ1) is 20.1. The summed E-state index contributed by atoms with van der Waals surface area (Å²) in [6.45, 7) is 9.93. The van der Waals surface area contributed by atoms with E-state index >= 15 is 0 Å².